The van der Waals surface area contributed by atoms with Crippen LogP contribution in [0.3, 0.4) is 0 Å². The van der Waals surface area contributed by atoms with Gasteiger partial charge < -0.3 is 9.47 Å². The van der Waals surface area contributed by atoms with Crippen LogP contribution in [0.5, 0.6) is 0 Å². The van der Waals surface area contributed by atoms with Crippen molar-refractivity contribution in [3.8, 4) is 0 Å². The van der Waals surface area contributed by atoms with Crippen molar-refractivity contribution in [1.82, 2.24) is 0 Å². The van der Waals surface area contributed by atoms with E-state index in [0.29, 0.717) is 13.2 Å². The molecule has 0 aromatic rings. The highest BCUT2D eigenvalue weighted by Gasteiger charge is 2.35. The smallest absolute Gasteiger partial charge is 0.314 e. The Morgan fingerprint density at radius 2 is 1.28 bits per heavy atom. The van der Waals surface area contributed by atoms with Crippen LogP contribution >= 0.6 is 0 Å². The first-order valence-corrected chi connectivity index (χ1v) is 6.21. The number of esters is 2. The van der Waals surface area contributed by atoms with Gasteiger partial charge in [0.1, 0.15) is 0 Å². The van der Waals surface area contributed by atoms with E-state index in [1.54, 1.807) is 26.0 Å². The van der Waals surface area contributed by atoms with Crippen LogP contribution in [0.4, 0.5) is 0 Å². The van der Waals surface area contributed by atoms with E-state index in [4.69, 9.17) is 9.47 Å². The summed E-state index contributed by atoms with van der Waals surface area (Å²) in [7, 11) is 0. The zero-order valence-corrected chi connectivity index (χ0v) is 11.4. The fraction of sp³-hybridized carbons (Fsp3) is 0.571. The van der Waals surface area contributed by atoms with Crippen molar-refractivity contribution in [2.24, 2.45) is 11.8 Å². The van der Waals surface area contributed by atoms with Gasteiger partial charge >= 0.3 is 11.9 Å². The van der Waals surface area contributed by atoms with Gasteiger partial charge in [-0.2, -0.15) is 0 Å². The first-order valence-electron chi connectivity index (χ1n) is 6.21. The number of carbonyl (C=O) groups is 2. The number of hydrogen-bond acceptors (Lipinski definition) is 4. The first-order chi connectivity index (χ1) is 8.51. The van der Waals surface area contributed by atoms with Crippen LogP contribution in [-0.4, -0.2) is 25.2 Å². The van der Waals surface area contributed by atoms with E-state index < -0.39 is 11.8 Å². The summed E-state index contributed by atoms with van der Waals surface area (Å²) in [5.41, 5.74) is 1.99. The van der Waals surface area contributed by atoms with Gasteiger partial charge in [-0.3, -0.25) is 9.59 Å². The molecule has 2 atom stereocenters. The number of allylic oxidation sites excluding steroid dienone is 2. The molecule has 0 N–H and O–H groups in total. The molecule has 0 fully saturated rings. The van der Waals surface area contributed by atoms with Gasteiger partial charge in [0.15, 0.2) is 0 Å². The first kappa shape index (κ1) is 14.5. The van der Waals surface area contributed by atoms with E-state index in [1.807, 2.05) is 13.8 Å². The van der Waals surface area contributed by atoms with E-state index >= 15 is 0 Å². The van der Waals surface area contributed by atoms with Crippen molar-refractivity contribution in [1.29, 1.82) is 0 Å². The van der Waals surface area contributed by atoms with Crippen LogP contribution in [0.1, 0.15) is 27.7 Å². The molecule has 0 bridgehead atoms. The third-order valence-corrected chi connectivity index (χ3v) is 2.99. The lowest BCUT2D eigenvalue weighted by Crippen LogP contribution is -2.32. The molecule has 0 spiro atoms. The zero-order valence-electron chi connectivity index (χ0n) is 11.4. The van der Waals surface area contributed by atoms with Crippen molar-refractivity contribution in [3.05, 3.63) is 23.3 Å². The lowest BCUT2D eigenvalue weighted by atomic mass is 9.83. The van der Waals surface area contributed by atoms with Gasteiger partial charge in [0.2, 0.25) is 0 Å². The molecule has 0 aromatic carbocycles. The highest BCUT2D eigenvalue weighted by Crippen LogP contribution is 2.29. The van der Waals surface area contributed by atoms with Crippen molar-refractivity contribution in [2.45, 2.75) is 27.7 Å². The van der Waals surface area contributed by atoms with Crippen LogP contribution in [0.2, 0.25) is 0 Å². The lowest BCUT2D eigenvalue weighted by molar-refractivity contribution is -0.156. The topological polar surface area (TPSA) is 52.6 Å². The maximum Gasteiger partial charge on any atom is 0.314 e. The van der Waals surface area contributed by atoms with Gasteiger partial charge in [-0.1, -0.05) is 23.3 Å². The number of hydrogen-bond donors (Lipinski definition) is 0. The molecule has 4 nitrogen and oxygen atoms in total. The Bertz CT molecular complexity index is 355. The molecule has 0 unspecified atom stereocenters. The lowest BCUT2D eigenvalue weighted by Gasteiger charge is -2.24. The van der Waals surface area contributed by atoms with Gasteiger partial charge in [0.05, 0.1) is 25.0 Å². The summed E-state index contributed by atoms with van der Waals surface area (Å²) in [6.07, 6.45) is 3.57. The average molecular weight is 252 g/mol. The van der Waals surface area contributed by atoms with E-state index in [2.05, 4.69) is 0 Å². The molecule has 0 radical (unpaired) electrons. The number of rotatable bonds is 4. The normalized spacial score (nSPS) is 22.9. The Kier molecular flexibility index (Phi) is 5.13. The van der Waals surface area contributed by atoms with Crippen LogP contribution in [0, 0.1) is 11.8 Å². The van der Waals surface area contributed by atoms with Crippen molar-refractivity contribution in [2.75, 3.05) is 13.2 Å². The number of carbonyl (C=O) groups excluding carboxylic acids is 2. The molecule has 0 heterocycles. The minimum absolute atomic E-state index is 0.306. The molecule has 0 aliphatic heterocycles. The van der Waals surface area contributed by atoms with Crippen LogP contribution in [0.15, 0.2) is 23.3 Å². The van der Waals surface area contributed by atoms with Crippen LogP contribution in [-0.2, 0) is 19.1 Å². The molecule has 1 aliphatic rings. The van der Waals surface area contributed by atoms with E-state index in [9.17, 15) is 9.59 Å². The molecule has 1 aliphatic carbocycles. The monoisotopic (exact) mass is 252 g/mol. The minimum atomic E-state index is -0.576. The molecule has 0 saturated carbocycles. The van der Waals surface area contributed by atoms with Gasteiger partial charge in [-0.25, -0.2) is 0 Å². The molecule has 18 heavy (non-hydrogen) atoms. The predicted molar refractivity (Wildman–Crippen MR) is 67.8 cm³/mol. The SMILES string of the molecule is CCOC(=O)[C@@H]1C=C(C)C(C)=C[C@H]1C(=O)OCC. The summed E-state index contributed by atoms with van der Waals surface area (Å²) in [6, 6.07) is 0. The van der Waals surface area contributed by atoms with Gasteiger partial charge in [-0.15, -0.1) is 0 Å². The Hall–Kier alpha value is -1.58. The van der Waals surface area contributed by atoms with Crippen molar-refractivity contribution in [3.63, 3.8) is 0 Å². The fourth-order valence-electron chi connectivity index (χ4n) is 1.92. The molecule has 4 heteroatoms. The Balaban J connectivity index is 2.96. The van der Waals surface area contributed by atoms with Crippen molar-refractivity contribution < 1.29 is 19.1 Å². The average Bonchev–Trinajstić information content (AvgIpc) is 2.32. The summed E-state index contributed by atoms with van der Waals surface area (Å²) < 4.78 is 10.0. The largest absolute Gasteiger partial charge is 0.466 e. The Labute approximate surface area is 108 Å². The van der Waals surface area contributed by atoms with E-state index in [1.165, 1.54) is 0 Å². The second-order valence-electron chi connectivity index (χ2n) is 4.26. The fourth-order valence-corrected chi connectivity index (χ4v) is 1.92. The van der Waals surface area contributed by atoms with Gasteiger partial charge in [0.25, 0.3) is 0 Å². The minimum Gasteiger partial charge on any atom is -0.466 e. The molecular formula is C14H20O4. The maximum atomic E-state index is 11.9. The Morgan fingerprint density at radius 1 is 0.944 bits per heavy atom. The predicted octanol–water partition coefficient (Wildman–Crippen LogP) is 2.25. The Morgan fingerprint density at radius 3 is 1.56 bits per heavy atom. The van der Waals surface area contributed by atoms with E-state index in [0.717, 1.165) is 11.1 Å². The zero-order chi connectivity index (χ0) is 13.7. The van der Waals surface area contributed by atoms with Crippen molar-refractivity contribution >= 4 is 11.9 Å². The van der Waals surface area contributed by atoms with Gasteiger partial charge in [0, 0.05) is 0 Å². The van der Waals surface area contributed by atoms with Crippen LogP contribution < -0.4 is 0 Å². The highest BCUT2D eigenvalue weighted by atomic mass is 16.5. The molecule has 100 valence electrons. The molecular weight excluding hydrogens is 232 g/mol. The van der Waals surface area contributed by atoms with E-state index in [-0.39, 0.29) is 11.9 Å². The molecule has 0 amide bonds. The summed E-state index contributed by atoms with van der Waals surface area (Å²) in [5, 5.41) is 0. The van der Waals surface area contributed by atoms with Gasteiger partial charge in [-0.05, 0) is 27.7 Å². The summed E-state index contributed by atoms with van der Waals surface area (Å²) in [4.78, 5) is 23.7. The second kappa shape index (κ2) is 6.38. The maximum absolute atomic E-state index is 11.9. The highest BCUT2D eigenvalue weighted by molar-refractivity contribution is 5.86. The third kappa shape index (κ3) is 3.22. The molecule has 0 saturated heterocycles. The molecule has 0 aromatic heterocycles. The molecule has 1 rings (SSSR count). The second-order valence-corrected chi connectivity index (χ2v) is 4.26. The third-order valence-electron chi connectivity index (χ3n) is 2.99. The quantitative estimate of drug-likeness (QED) is 0.720. The standard InChI is InChI=1S/C14H20O4/c1-5-17-13(15)11-7-9(3)10(4)8-12(11)14(16)18-6-2/h7-8,11-12H,5-6H2,1-4H3/t11-,12-/m1/s1. The summed E-state index contributed by atoms with van der Waals surface area (Å²) >= 11 is 0. The van der Waals surface area contributed by atoms with Crippen LogP contribution in [0.25, 0.3) is 0 Å². The summed E-state index contributed by atoms with van der Waals surface area (Å²) in [5.74, 6) is -1.90. The summed E-state index contributed by atoms with van der Waals surface area (Å²) in [6.45, 7) is 7.94. The number of ether oxygens (including phenoxy) is 2.